The Labute approximate surface area is 174 Å². The lowest BCUT2D eigenvalue weighted by Gasteiger charge is -2.25. The van der Waals surface area contributed by atoms with Crippen molar-refractivity contribution in [2.24, 2.45) is 0 Å². The van der Waals surface area contributed by atoms with Crippen LogP contribution in [0, 0.1) is 10.1 Å². The number of sulfonamides is 1. The number of hydrogen-bond acceptors (Lipinski definition) is 6. The number of aliphatic hydroxyl groups excluding tert-OH is 1. The molecule has 0 aliphatic carbocycles. The van der Waals surface area contributed by atoms with Gasteiger partial charge in [0.25, 0.3) is 5.69 Å². The summed E-state index contributed by atoms with van der Waals surface area (Å²) >= 11 is 0. The Kier molecular flexibility index (Phi) is 6.80. The third-order valence-corrected chi connectivity index (χ3v) is 6.94. The summed E-state index contributed by atoms with van der Waals surface area (Å²) in [6.07, 6.45) is 1.24. The van der Waals surface area contributed by atoms with E-state index in [9.17, 15) is 28.4 Å². The van der Waals surface area contributed by atoms with Crippen molar-refractivity contribution in [3.05, 3.63) is 70.3 Å². The first-order valence-electron chi connectivity index (χ1n) is 9.54. The summed E-state index contributed by atoms with van der Waals surface area (Å²) in [4.78, 5) is 22.9. The zero-order valence-corrected chi connectivity index (χ0v) is 17.0. The summed E-state index contributed by atoms with van der Waals surface area (Å²) in [5.41, 5.74) is 0.601. The second-order valence-electron chi connectivity index (χ2n) is 7.11. The molecule has 3 rings (SSSR count). The molecule has 30 heavy (non-hydrogen) atoms. The number of amides is 1. The van der Waals surface area contributed by atoms with Crippen molar-refractivity contribution in [2.45, 2.75) is 36.2 Å². The number of nitrogens with zero attached hydrogens (tertiary/aromatic N) is 2. The molecule has 9 nitrogen and oxygen atoms in total. The summed E-state index contributed by atoms with van der Waals surface area (Å²) in [6.45, 7) is -0.142. The van der Waals surface area contributed by atoms with Crippen LogP contribution in [0.25, 0.3) is 0 Å². The standard InChI is InChI=1S/C20H23N3O6S/c24-14-16(12-15-6-2-1-3-7-15)21-20(25)19-10-5-11-22(19)30(28,29)18-9-4-8-17(13-18)23(26)27/h1-4,6-9,13,16,19,24H,5,10-12,14H2,(H,21,25)/t16-,19+/m0/s1. The lowest BCUT2D eigenvalue weighted by atomic mass is 10.1. The highest BCUT2D eigenvalue weighted by atomic mass is 32.2. The molecule has 1 amide bonds. The minimum absolute atomic E-state index is 0.144. The summed E-state index contributed by atoms with van der Waals surface area (Å²) in [7, 11) is -4.08. The third kappa shape index (κ3) is 4.84. The van der Waals surface area contributed by atoms with Crippen LogP contribution < -0.4 is 5.32 Å². The van der Waals surface area contributed by atoms with E-state index in [-0.39, 0.29) is 23.7 Å². The maximum absolute atomic E-state index is 13.0. The number of hydrogen-bond donors (Lipinski definition) is 2. The van der Waals surface area contributed by atoms with Gasteiger partial charge in [0.15, 0.2) is 0 Å². The van der Waals surface area contributed by atoms with Crippen molar-refractivity contribution in [1.29, 1.82) is 0 Å². The summed E-state index contributed by atoms with van der Waals surface area (Å²) in [5.74, 6) is -0.489. The van der Waals surface area contributed by atoms with Crippen LogP contribution >= 0.6 is 0 Å². The number of nitro benzene ring substituents is 1. The minimum atomic E-state index is -4.08. The number of aliphatic hydroxyl groups is 1. The number of rotatable bonds is 8. The zero-order chi connectivity index (χ0) is 21.7. The molecule has 0 radical (unpaired) electrons. The van der Waals surface area contributed by atoms with E-state index in [1.54, 1.807) is 0 Å². The molecule has 1 aliphatic heterocycles. The topological polar surface area (TPSA) is 130 Å². The van der Waals surface area contributed by atoms with Gasteiger partial charge in [-0.25, -0.2) is 8.42 Å². The summed E-state index contributed by atoms with van der Waals surface area (Å²) in [6, 6.07) is 12.6. The second kappa shape index (κ2) is 9.33. The van der Waals surface area contributed by atoms with E-state index in [0.29, 0.717) is 19.3 Å². The van der Waals surface area contributed by atoms with Gasteiger partial charge in [-0.15, -0.1) is 0 Å². The van der Waals surface area contributed by atoms with Gasteiger partial charge in [-0.3, -0.25) is 14.9 Å². The predicted molar refractivity (Wildman–Crippen MR) is 109 cm³/mol. The molecular weight excluding hydrogens is 410 g/mol. The first-order valence-corrected chi connectivity index (χ1v) is 11.0. The van der Waals surface area contributed by atoms with Crippen molar-refractivity contribution in [1.82, 2.24) is 9.62 Å². The highest BCUT2D eigenvalue weighted by Crippen LogP contribution is 2.28. The number of nitrogens with one attached hydrogen (secondary N) is 1. The van der Waals surface area contributed by atoms with Crippen molar-refractivity contribution in [3.63, 3.8) is 0 Å². The van der Waals surface area contributed by atoms with Crippen LogP contribution in [0.5, 0.6) is 0 Å². The van der Waals surface area contributed by atoms with Crippen molar-refractivity contribution in [3.8, 4) is 0 Å². The molecule has 0 saturated carbocycles. The predicted octanol–water partition coefficient (Wildman–Crippen LogP) is 1.47. The lowest BCUT2D eigenvalue weighted by molar-refractivity contribution is -0.385. The highest BCUT2D eigenvalue weighted by Gasteiger charge is 2.40. The molecule has 2 aromatic carbocycles. The molecule has 10 heteroatoms. The van der Waals surface area contributed by atoms with E-state index in [2.05, 4.69) is 5.32 Å². The molecule has 0 bridgehead atoms. The molecular formula is C20H23N3O6S. The van der Waals surface area contributed by atoms with Crippen molar-refractivity contribution >= 4 is 21.6 Å². The van der Waals surface area contributed by atoms with Crippen LogP contribution in [0.4, 0.5) is 5.69 Å². The molecule has 2 N–H and O–H groups in total. The number of carbonyl (C=O) groups excluding carboxylic acids is 1. The summed E-state index contributed by atoms with van der Waals surface area (Å²) in [5, 5.41) is 23.4. The Bertz CT molecular complexity index is 1010. The van der Waals surface area contributed by atoms with Gasteiger partial charge in [-0.1, -0.05) is 36.4 Å². The molecule has 0 spiro atoms. The van der Waals surface area contributed by atoms with Crippen LogP contribution in [-0.4, -0.2) is 53.9 Å². The Balaban J connectivity index is 1.76. The van der Waals surface area contributed by atoms with E-state index < -0.39 is 32.9 Å². The van der Waals surface area contributed by atoms with E-state index in [1.807, 2.05) is 30.3 Å². The Morgan fingerprint density at radius 2 is 1.97 bits per heavy atom. The number of non-ortho nitro benzene ring substituents is 1. The van der Waals surface area contributed by atoms with Crippen molar-refractivity contribution < 1.29 is 23.2 Å². The van der Waals surface area contributed by atoms with Crippen LogP contribution in [0.3, 0.4) is 0 Å². The molecule has 0 aromatic heterocycles. The molecule has 1 heterocycles. The van der Waals surface area contributed by atoms with E-state index in [0.717, 1.165) is 15.9 Å². The fourth-order valence-electron chi connectivity index (χ4n) is 3.54. The quantitative estimate of drug-likeness (QED) is 0.479. The number of nitro groups is 1. The van der Waals surface area contributed by atoms with Crippen molar-refractivity contribution in [2.75, 3.05) is 13.2 Å². The second-order valence-corrected chi connectivity index (χ2v) is 9.00. The molecule has 1 saturated heterocycles. The first kappa shape index (κ1) is 21.9. The van der Waals surface area contributed by atoms with Gasteiger partial charge in [-0.2, -0.15) is 4.31 Å². The van der Waals surface area contributed by atoms with Gasteiger partial charge in [0.1, 0.15) is 6.04 Å². The smallest absolute Gasteiger partial charge is 0.270 e. The van der Waals surface area contributed by atoms with E-state index in [4.69, 9.17) is 0 Å². The lowest BCUT2D eigenvalue weighted by Crippen LogP contribution is -2.50. The molecule has 0 unspecified atom stereocenters. The van der Waals surface area contributed by atoms with Gasteiger partial charge in [0, 0.05) is 18.7 Å². The Morgan fingerprint density at radius 3 is 2.63 bits per heavy atom. The maximum atomic E-state index is 13.0. The molecule has 2 aromatic rings. The average molecular weight is 433 g/mol. The summed E-state index contributed by atoms with van der Waals surface area (Å²) < 4.78 is 27.2. The first-order chi connectivity index (χ1) is 14.3. The Morgan fingerprint density at radius 1 is 1.23 bits per heavy atom. The third-order valence-electron chi connectivity index (χ3n) is 5.03. The van der Waals surface area contributed by atoms with E-state index in [1.165, 1.54) is 18.2 Å². The number of carbonyl (C=O) groups is 1. The normalized spacial score (nSPS) is 18.1. The van der Waals surface area contributed by atoms with Crippen LogP contribution in [0.2, 0.25) is 0 Å². The highest BCUT2D eigenvalue weighted by molar-refractivity contribution is 7.89. The van der Waals surface area contributed by atoms with Crippen LogP contribution in [0.15, 0.2) is 59.5 Å². The van der Waals surface area contributed by atoms with E-state index >= 15 is 0 Å². The van der Waals surface area contributed by atoms with Crippen LogP contribution in [0.1, 0.15) is 18.4 Å². The minimum Gasteiger partial charge on any atom is -0.394 e. The van der Waals surface area contributed by atoms with Gasteiger partial charge in [0.05, 0.1) is 22.5 Å². The van der Waals surface area contributed by atoms with Crippen LogP contribution in [-0.2, 0) is 21.2 Å². The molecule has 1 fully saturated rings. The largest absolute Gasteiger partial charge is 0.394 e. The molecule has 160 valence electrons. The molecule has 1 aliphatic rings. The monoisotopic (exact) mass is 433 g/mol. The average Bonchev–Trinajstić information content (AvgIpc) is 3.25. The van der Waals surface area contributed by atoms with Gasteiger partial charge in [0.2, 0.25) is 15.9 Å². The SMILES string of the molecule is O=C(N[C@H](CO)Cc1ccccc1)[C@H]1CCCN1S(=O)(=O)c1cccc([N+](=O)[O-])c1. The fourth-order valence-corrected chi connectivity index (χ4v) is 5.24. The fraction of sp³-hybridized carbons (Fsp3) is 0.350. The maximum Gasteiger partial charge on any atom is 0.270 e. The van der Waals surface area contributed by atoms with Gasteiger partial charge < -0.3 is 10.4 Å². The van der Waals surface area contributed by atoms with Gasteiger partial charge >= 0.3 is 0 Å². The van der Waals surface area contributed by atoms with Gasteiger partial charge in [-0.05, 0) is 30.9 Å². The Hall–Kier alpha value is -2.82. The zero-order valence-electron chi connectivity index (χ0n) is 16.2. The molecule has 2 atom stereocenters. The number of benzene rings is 2.